The smallest absolute Gasteiger partial charge is 0.161 e. The minimum Gasteiger partial charge on any atom is -0.493 e. The summed E-state index contributed by atoms with van der Waals surface area (Å²) in [7, 11) is 5.59. The molecule has 1 aromatic carbocycles. The van der Waals surface area contributed by atoms with Gasteiger partial charge in [0.1, 0.15) is 11.5 Å². The second-order valence-corrected chi connectivity index (χ2v) is 5.15. The van der Waals surface area contributed by atoms with E-state index in [1.165, 1.54) is 12.1 Å². The van der Waals surface area contributed by atoms with Crippen molar-refractivity contribution in [2.75, 3.05) is 27.7 Å². The van der Waals surface area contributed by atoms with Gasteiger partial charge in [-0.1, -0.05) is 12.1 Å². The van der Waals surface area contributed by atoms with Crippen molar-refractivity contribution in [3.8, 4) is 5.75 Å². The van der Waals surface area contributed by atoms with Crippen molar-refractivity contribution in [3.63, 3.8) is 0 Å². The first kappa shape index (κ1) is 15.5. The first-order valence-corrected chi connectivity index (χ1v) is 6.78. The van der Waals surface area contributed by atoms with Crippen LogP contribution in [0.2, 0.25) is 0 Å². The van der Waals surface area contributed by atoms with Crippen LogP contribution in [0, 0.1) is 5.82 Å². The van der Waals surface area contributed by atoms with Crippen molar-refractivity contribution in [1.82, 2.24) is 14.7 Å². The Bertz CT molecular complexity index is 580. The Morgan fingerprint density at radius 2 is 2.00 bits per heavy atom. The van der Waals surface area contributed by atoms with E-state index >= 15 is 0 Å². The van der Waals surface area contributed by atoms with Gasteiger partial charge in [0.2, 0.25) is 0 Å². The molecule has 0 saturated heterocycles. The average Bonchev–Trinajstić information content (AvgIpc) is 2.88. The maximum Gasteiger partial charge on any atom is 0.161 e. The lowest BCUT2D eigenvalue weighted by Crippen LogP contribution is -2.23. The zero-order chi connectivity index (χ0) is 15.4. The van der Waals surface area contributed by atoms with Gasteiger partial charge in [-0.05, 0) is 31.8 Å². The van der Waals surface area contributed by atoms with Gasteiger partial charge in [0.25, 0.3) is 0 Å². The summed E-state index contributed by atoms with van der Waals surface area (Å²) < 4.78 is 20.2. The molecule has 0 saturated carbocycles. The Kier molecular flexibility index (Phi) is 4.93. The molecule has 5 nitrogen and oxygen atoms in total. The van der Waals surface area contributed by atoms with Crippen LogP contribution in [0.1, 0.15) is 17.3 Å². The molecule has 2 aromatic rings. The minimum absolute atomic E-state index is 0.279. The van der Waals surface area contributed by atoms with E-state index in [9.17, 15) is 4.39 Å². The first-order valence-electron chi connectivity index (χ1n) is 6.78. The van der Waals surface area contributed by atoms with Crippen LogP contribution in [0.25, 0.3) is 0 Å². The van der Waals surface area contributed by atoms with Crippen molar-refractivity contribution in [2.45, 2.75) is 12.6 Å². The summed E-state index contributed by atoms with van der Waals surface area (Å²) in [6.45, 7) is 1.55. The fraction of sp³-hybridized carbons (Fsp3) is 0.400. The highest BCUT2D eigenvalue weighted by Crippen LogP contribution is 2.28. The standard InChI is InChI=1S/C15H21FN4O/c1-19(2)8-9-20-15(13(21-3)10-18-20)14(17)11-4-6-12(16)7-5-11/h4-7,10,14H,8-9,17H2,1-3H3. The Balaban J connectivity index is 2.31. The molecule has 21 heavy (non-hydrogen) atoms. The second-order valence-electron chi connectivity index (χ2n) is 5.15. The van der Waals surface area contributed by atoms with Gasteiger partial charge in [-0.15, -0.1) is 0 Å². The van der Waals surface area contributed by atoms with Crippen molar-refractivity contribution in [2.24, 2.45) is 5.73 Å². The zero-order valence-electron chi connectivity index (χ0n) is 12.6. The van der Waals surface area contributed by atoms with Gasteiger partial charge in [-0.2, -0.15) is 5.10 Å². The fourth-order valence-corrected chi connectivity index (χ4v) is 2.15. The lowest BCUT2D eigenvalue weighted by molar-refractivity contribution is 0.363. The Morgan fingerprint density at radius 3 is 2.57 bits per heavy atom. The van der Waals surface area contributed by atoms with E-state index in [4.69, 9.17) is 10.5 Å². The molecular weight excluding hydrogens is 271 g/mol. The number of methoxy groups -OCH3 is 1. The molecule has 0 aliphatic rings. The zero-order valence-corrected chi connectivity index (χ0v) is 12.6. The molecule has 0 aliphatic carbocycles. The van der Waals surface area contributed by atoms with Crippen LogP contribution >= 0.6 is 0 Å². The number of hydrogen-bond acceptors (Lipinski definition) is 4. The van der Waals surface area contributed by atoms with Crippen LogP contribution in [-0.2, 0) is 6.54 Å². The molecule has 0 spiro atoms. The van der Waals surface area contributed by atoms with Crippen molar-refractivity contribution in [1.29, 1.82) is 0 Å². The van der Waals surface area contributed by atoms with Crippen molar-refractivity contribution < 1.29 is 9.13 Å². The van der Waals surface area contributed by atoms with E-state index in [1.807, 2.05) is 18.8 Å². The molecule has 6 heteroatoms. The first-order chi connectivity index (χ1) is 10.0. The molecule has 2 rings (SSSR count). The Hall–Kier alpha value is -1.92. The van der Waals surface area contributed by atoms with Crippen LogP contribution < -0.4 is 10.5 Å². The minimum atomic E-state index is -0.412. The number of hydrogen-bond donors (Lipinski definition) is 1. The van der Waals surface area contributed by atoms with E-state index < -0.39 is 6.04 Å². The number of rotatable bonds is 6. The topological polar surface area (TPSA) is 56.3 Å². The SMILES string of the molecule is COc1cnn(CCN(C)C)c1C(N)c1ccc(F)cc1. The van der Waals surface area contributed by atoms with Crippen molar-refractivity contribution in [3.05, 3.63) is 47.5 Å². The number of nitrogens with zero attached hydrogens (tertiary/aromatic N) is 3. The van der Waals surface area contributed by atoms with Crippen LogP contribution in [-0.4, -0.2) is 42.4 Å². The third-order valence-corrected chi connectivity index (χ3v) is 3.35. The van der Waals surface area contributed by atoms with E-state index in [0.717, 1.165) is 17.8 Å². The molecule has 1 heterocycles. The quantitative estimate of drug-likeness (QED) is 0.879. The van der Waals surface area contributed by atoms with Gasteiger partial charge in [0, 0.05) is 6.54 Å². The molecule has 2 N–H and O–H groups in total. The van der Waals surface area contributed by atoms with Gasteiger partial charge < -0.3 is 15.4 Å². The number of likely N-dealkylation sites (N-methyl/N-ethyl adjacent to an activating group) is 1. The highest BCUT2D eigenvalue weighted by atomic mass is 19.1. The highest BCUT2D eigenvalue weighted by molar-refractivity contribution is 5.36. The second kappa shape index (κ2) is 6.69. The molecule has 0 fully saturated rings. The Labute approximate surface area is 124 Å². The maximum atomic E-state index is 13.0. The lowest BCUT2D eigenvalue weighted by Gasteiger charge is -2.17. The lowest BCUT2D eigenvalue weighted by atomic mass is 10.0. The molecule has 0 aliphatic heterocycles. The average molecular weight is 292 g/mol. The fourth-order valence-electron chi connectivity index (χ4n) is 2.15. The summed E-state index contributed by atoms with van der Waals surface area (Å²) in [6, 6.07) is 5.76. The Morgan fingerprint density at radius 1 is 1.33 bits per heavy atom. The summed E-state index contributed by atoms with van der Waals surface area (Å²) in [4.78, 5) is 2.07. The number of benzene rings is 1. The number of aromatic nitrogens is 2. The third-order valence-electron chi connectivity index (χ3n) is 3.35. The summed E-state index contributed by atoms with van der Waals surface area (Å²) in [6.07, 6.45) is 1.66. The summed E-state index contributed by atoms with van der Waals surface area (Å²) in [5, 5.41) is 4.33. The molecule has 114 valence electrons. The van der Waals surface area contributed by atoms with E-state index in [2.05, 4.69) is 10.00 Å². The molecule has 1 aromatic heterocycles. The van der Waals surface area contributed by atoms with Crippen LogP contribution in [0.5, 0.6) is 5.75 Å². The summed E-state index contributed by atoms with van der Waals surface area (Å²) >= 11 is 0. The van der Waals surface area contributed by atoms with E-state index in [0.29, 0.717) is 12.3 Å². The van der Waals surface area contributed by atoms with Gasteiger partial charge in [-0.25, -0.2) is 4.39 Å². The summed E-state index contributed by atoms with van der Waals surface area (Å²) in [5.41, 5.74) is 7.94. The third kappa shape index (κ3) is 3.59. The molecule has 1 unspecified atom stereocenters. The molecule has 1 atom stereocenters. The molecular formula is C15H21FN4O. The number of halogens is 1. The maximum absolute atomic E-state index is 13.0. The van der Waals surface area contributed by atoms with Gasteiger partial charge in [-0.3, -0.25) is 4.68 Å². The molecule has 0 radical (unpaired) electrons. The van der Waals surface area contributed by atoms with Crippen LogP contribution in [0.4, 0.5) is 4.39 Å². The van der Waals surface area contributed by atoms with Gasteiger partial charge in [0.05, 0.1) is 25.9 Å². The van der Waals surface area contributed by atoms with Crippen molar-refractivity contribution >= 4 is 0 Å². The van der Waals surface area contributed by atoms with Gasteiger partial charge >= 0.3 is 0 Å². The van der Waals surface area contributed by atoms with Gasteiger partial charge in [0.15, 0.2) is 5.75 Å². The number of nitrogens with two attached hydrogens (primary N) is 1. The van der Waals surface area contributed by atoms with Crippen LogP contribution in [0.3, 0.4) is 0 Å². The normalized spacial score (nSPS) is 12.7. The summed E-state index contributed by atoms with van der Waals surface area (Å²) in [5.74, 6) is 0.365. The highest BCUT2D eigenvalue weighted by Gasteiger charge is 2.20. The van der Waals surface area contributed by atoms with E-state index in [1.54, 1.807) is 25.4 Å². The monoisotopic (exact) mass is 292 g/mol. The van der Waals surface area contributed by atoms with Crippen LogP contribution in [0.15, 0.2) is 30.5 Å². The predicted molar refractivity (Wildman–Crippen MR) is 79.8 cm³/mol. The van der Waals surface area contributed by atoms with E-state index in [-0.39, 0.29) is 5.82 Å². The predicted octanol–water partition coefficient (Wildman–Crippen LogP) is 1.64. The number of ether oxygens (including phenoxy) is 1. The molecule has 0 amide bonds. The molecule has 0 bridgehead atoms. The largest absolute Gasteiger partial charge is 0.493 e.